The molecule has 1 atom stereocenters. The Bertz CT molecular complexity index is 1800. The number of aromatic nitrogens is 2. The lowest BCUT2D eigenvalue weighted by atomic mass is 9.77. The number of ether oxygens (including phenoxy) is 1. The van der Waals surface area contributed by atoms with Crippen LogP contribution in [0, 0.1) is 5.41 Å². The Balaban J connectivity index is 0.000000259. The van der Waals surface area contributed by atoms with Gasteiger partial charge in [0, 0.05) is 11.0 Å². The van der Waals surface area contributed by atoms with Crippen molar-refractivity contribution in [2.75, 3.05) is 7.11 Å². The van der Waals surface area contributed by atoms with Crippen LogP contribution in [0.3, 0.4) is 0 Å². The molecular formula is C37H32N2O6. The van der Waals surface area contributed by atoms with Crippen LogP contribution in [0.1, 0.15) is 40.4 Å². The van der Waals surface area contributed by atoms with Gasteiger partial charge in [-0.3, -0.25) is 4.79 Å². The number of carbonyl (C=O) groups is 3. The molecule has 0 saturated heterocycles. The molecule has 1 aliphatic rings. The summed E-state index contributed by atoms with van der Waals surface area (Å²) >= 11 is 0. The molecule has 8 heteroatoms. The number of nitrogens with zero attached hydrogens (tertiary/aromatic N) is 2. The summed E-state index contributed by atoms with van der Waals surface area (Å²) in [6.07, 6.45) is 6.28. The number of benzene rings is 4. The Hall–Kier alpha value is -5.76. The Morgan fingerprint density at radius 1 is 0.822 bits per heavy atom. The number of carboxylic acids is 2. The van der Waals surface area contributed by atoms with Crippen LogP contribution in [0.15, 0.2) is 139 Å². The quantitative estimate of drug-likeness (QED) is 0.157. The SMILES string of the molecule is CC1(C(=O)O)C=CC=C(C(=O)O)C1.COC(=O)c1ccc2cnn(C(c3ccccc3)(c3ccccc3)c3ccccc3)c2c1. The molecular weight excluding hydrogens is 568 g/mol. The zero-order chi connectivity index (χ0) is 32.0. The van der Waals surface area contributed by atoms with Crippen molar-refractivity contribution in [3.63, 3.8) is 0 Å². The van der Waals surface area contributed by atoms with Gasteiger partial charge in [0.05, 0.1) is 29.8 Å². The number of aliphatic carboxylic acids is 2. The highest BCUT2D eigenvalue weighted by molar-refractivity contribution is 5.94. The first-order valence-electron chi connectivity index (χ1n) is 14.3. The fraction of sp³-hybridized carbons (Fsp3) is 0.135. The largest absolute Gasteiger partial charge is 0.481 e. The highest BCUT2D eigenvalue weighted by atomic mass is 16.5. The molecule has 5 aromatic rings. The predicted molar refractivity (Wildman–Crippen MR) is 171 cm³/mol. The zero-order valence-electron chi connectivity index (χ0n) is 24.8. The maximum Gasteiger partial charge on any atom is 0.337 e. The third kappa shape index (κ3) is 5.90. The summed E-state index contributed by atoms with van der Waals surface area (Å²) < 4.78 is 7.00. The van der Waals surface area contributed by atoms with Crippen LogP contribution < -0.4 is 0 Å². The highest BCUT2D eigenvalue weighted by Gasteiger charge is 2.40. The van der Waals surface area contributed by atoms with Gasteiger partial charge >= 0.3 is 17.9 Å². The van der Waals surface area contributed by atoms with Gasteiger partial charge < -0.3 is 14.9 Å². The molecule has 0 saturated carbocycles. The van der Waals surface area contributed by atoms with Crippen molar-refractivity contribution in [2.45, 2.75) is 18.9 Å². The molecule has 0 bridgehead atoms. The summed E-state index contributed by atoms with van der Waals surface area (Å²) in [4.78, 5) is 33.6. The number of fused-ring (bicyclic) bond motifs is 1. The summed E-state index contributed by atoms with van der Waals surface area (Å²) in [6.45, 7) is 1.50. The molecule has 0 amide bonds. The van der Waals surface area contributed by atoms with E-state index in [9.17, 15) is 14.4 Å². The first-order chi connectivity index (χ1) is 21.7. The van der Waals surface area contributed by atoms with Gasteiger partial charge in [-0.25, -0.2) is 14.3 Å². The van der Waals surface area contributed by atoms with Crippen molar-refractivity contribution in [3.05, 3.63) is 161 Å². The second-order valence-corrected chi connectivity index (χ2v) is 10.9. The molecule has 226 valence electrons. The van der Waals surface area contributed by atoms with Crippen LogP contribution in [0.2, 0.25) is 0 Å². The van der Waals surface area contributed by atoms with Gasteiger partial charge in [0.15, 0.2) is 0 Å². The molecule has 1 aliphatic carbocycles. The Kier molecular flexibility index (Phi) is 8.76. The van der Waals surface area contributed by atoms with E-state index >= 15 is 0 Å². The normalized spacial score (nSPS) is 15.8. The number of methoxy groups -OCH3 is 1. The average molecular weight is 601 g/mol. The van der Waals surface area contributed by atoms with E-state index in [0.29, 0.717) is 5.56 Å². The monoisotopic (exact) mass is 600 g/mol. The first kappa shape index (κ1) is 30.7. The summed E-state index contributed by atoms with van der Waals surface area (Å²) in [6, 6.07) is 36.6. The maximum atomic E-state index is 12.3. The van der Waals surface area contributed by atoms with Crippen LogP contribution in [-0.2, 0) is 19.9 Å². The average Bonchev–Trinajstić information content (AvgIpc) is 3.50. The number of carboxylic acid groups (broad SMARTS) is 2. The molecule has 0 spiro atoms. The van der Waals surface area contributed by atoms with Crippen molar-refractivity contribution in [1.29, 1.82) is 0 Å². The fourth-order valence-electron chi connectivity index (χ4n) is 5.62. The van der Waals surface area contributed by atoms with Crippen LogP contribution >= 0.6 is 0 Å². The Morgan fingerprint density at radius 2 is 1.36 bits per heavy atom. The van der Waals surface area contributed by atoms with E-state index in [4.69, 9.17) is 20.0 Å². The van der Waals surface area contributed by atoms with Crippen LogP contribution in [0.4, 0.5) is 0 Å². The van der Waals surface area contributed by atoms with Crippen molar-refractivity contribution < 1.29 is 29.3 Å². The predicted octanol–water partition coefficient (Wildman–Crippen LogP) is 6.71. The van der Waals surface area contributed by atoms with Crippen LogP contribution in [-0.4, -0.2) is 45.0 Å². The Morgan fingerprint density at radius 3 is 1.82 bits per heavy atom. The van der Waals surface area contributed by atoms with Crippen LogP contribution in [0.5, 0.6) is 0 Å². The van der Waals surface area contributed by atoms with E-state index in [-0.39, 0.29) is 18.0 Å². The molecule has 0 radical (unpaired) electrons. The number of hydrogen-bond donors (Lipinski definition) is 2. The number of rotatable bonds is 7. The first-order valence-corrected chi connectivity index (χ1v) is 14.3. The molecule has 4 aromatic carbocycles. The van der Waals surface area contributed by atoms with Gasteiger partial charge in [0.25, 0.3) is 0 Å². The van der Waals surface area contributed by atoms with Crippen molar-refractivity contribution in [2.24, 2.45) is 5.41 Å². The lowest BCUT2D eigenvalue weighted by Crippen LogP contribution is -2.38. The van der Waals surface area contributed by atoms with Gasteiger partial charge in [-0.2, -0.15) is 5.10 Å². The zero-order valence-corrected chi connectivity index (χ0v) is 24.8. The van der Waals surface area contributed by atoms with E-state index in [2.05, 4.69) is 36.4 Å². The summed E-state index contributed by atoms with van der Waals surface area (Å²) in [5.74, 6) is -2.43. The summed E-state index contributed by atoms with van der Waals surface area (Å²) in [5, 5.41) is 23.3. The topological polar surface area (TPSA) is 119 Å². The molecule has 1 heterocycles. The molecule has 0 aliphatic heterocycles. The summed E-state index contributed by atoms with van der Waals surface area (Å²) in [5.41, 5.74) is 2.88. The molecule has 6 rings (SSSR count). The van der Waals surface area contributed by atoms with Crippen molar-refractivity contribution >= 4 is 28.8 Å². The van der Waals surface area contributed by atoms with Gasteiger partial charge in [-0.15, -0.1) is 0 Å². The third-order valence-electron chi connectivity index (χ3n) is 7.97. The minimum atomic E-state index is -1.08. The number of carbonyl (C=O) groups excluding carboxylic acids is 1. The minimum Gasteiger partial charge on any atom is -0.481 e. The van der Waals surface area contributed by atoms with E-state index in [1.165, 1.54) is 32.3 Å². The standard InChI is InChI=1S/C28H22N2O2.C9H10O4/c1-32-27(31)21-17-18-22-20-29-30(26(22)19-21)28(23-11-5-2-6-12-23,24-13-7-3-8-14-24)25-15-9-4-10-16-25;1-9(8(12)13)4-2-3-6(5-9)7(10)11/h2-20H,1H3;2-4H,5H2,1H3,(H,10,11)(H,12,13). The lowest BCUT2D eigenvalue weighted by molar-refractivity contribution is -0.145. The van der Waals surface area contributed by atoms with E-state index in [0.717, 1.165) is 27.6 Å². The smallest absolute Gasteiger partial charge is 0.337 e. The van der Waals surface area contributed by atoms with Crippen LogP contribution in [0.25, 0.3) is 10.9 Å². The van der Waals surface area contributed by atoms with E-state index in [1.54, 1.807) is 6.07 Å². The van der Waals surface area contributed by atoms with E-state index < -0.39 is 22.9 Å². The second-order valence-electron chi connectivity index (χ2n) is 10.9. The minimum absolute atomic E-state index is 0.0359. The molecule has 1 aromatic heterocycles. The van der Waals surface area contributed by atoms with Gasteiger partial charge in [0.2, 0.25) is 0 Å². The number of esters is 1. The molecule has 8 nitrogen and oxygen atoms in total. The molecule has 0 fully saturated rings. The second kappa shape index (κ2) is 12.9. The van der Waals surface area contributed by atoms with Gasteiger partial charge in [-0.1, -0.05) is 115 Å². The maximum absolute atomic E-state index is 12.3. The molecule has 2 N–H and O–H groups in total. The fourth-order valence-corrected chi connectivity index (χ4v) is 5.62. The highest BCUT2D eigenvalue weighted by Crippen LogP contribution is 2.42. The number of hydrogen-bond acceptors (Lipinski definition) is 5. The third-order valence-corrected chi connectivity index (χ3v) is 7.97. The van der Waals surface area contributed by atoms with Crippen molar-refractivity contribution in [3.8, 4) is 0 Å². The molecule has 45 heavy (non-hydrogen) atoms. The number of allylic oxidation sites excluding steroid dienone is 2. The van der Waals surface area contributed by atoms with E-state index in [1.807, 2.05) is 77.6 Å². The Labute approximate surface area is 260 Å². The molecule has 1 unspecified atom stereocenters. The van der Waals surface area contributed by atoms with Gasteiger partial charge in [-0.05, 0) is 42.2 Å². The van der Waals surface area contributed by atoms with Gasteiger partial charge in [0.1, 0.15) is 5.54 Å². The lowest BCUT2D eigenvalue weighted by Gasteiger charge is -2.37. The summed E-state index contributed by atoms with van der Waals surface area (Å²) in [7, 11) is 1.39. The van der Waals surface area contributed by atoms with Crippen molar-refractivity contribution in [1.82, 2.24) is 9.78 Å².